The van der Waals surface area contributed by atoms with Crippen LogP contribution in [-0.2, 0) is 11.2 Å². The zero-order chi connectivity index (χ0) is 15.5. The molecule has 0 atom stereocenters. The van der Waals surface area contributed by atoms with Gasteiger partial charge in [0.15, 0.2) is 5.82 Å². The number of oxazole rings is 1. The molecule has 0 aliphatic heterocycles. The van der Waals surface area contributed by atoms with Gasteiger partial charge in [0.25, 0.3) is 5.89 Å². The van der Waals surface area contributed by atoms with E-state index < -0.39 is 5.97 Å². The van der Waals surface area contributed by atoms with Gasteiger partial charge in [0.05, 0.1) is 6.42 Å². The van der Waals surface area contributed by atoms with Gasteiger partial charge in [-0.15, -0.1) is 0 Å². The van der Waals surface area contributed by atoms with Gasteiger partial charge in [0.2, 0.25) is 0 Å². The minimum absolute atomic E-state index is 0.0343. The smallest absolute Gasteiger partial charge is 0.303 e. The van der Waals surface area contributed by atoms with Gasteiger partial charge in [-0.3, -0.25) is 4.79 Å². The van der Waals surface area contributed by atoms with Crippen LogP contribution in [0.4, 0.5) is 0 Å². The summed E-state index contributed by atoms with van der Waals surface area (Å²) >= 11 is 5.89. The van der Waals surface area contributed by atoms with Gasteiger partial charge < -0.3 is 14.5 Å². The number of imidazole rings is 1. The fourth-order valence-electron chi connectivity index (χ4n) is 2.06. The number of hydrogen-bond acceptors (Lipinski definition) is 4. The Morgan fingerprint density at radius 2 is 2.09 bits per heavy atom. The van der Waals surface area contributed by atoms with Crippen LogP contribution in [-0.4, -0.2) is 26.0 Å². The Kier molecular flexibility index (Phi) is 3.93. The summed E-state index contributed by atoms with van der Waals surface area (Å²) in [5, 5.41) is 9.48. The Hall–Kier alpha value is -2.60. The quantitative estimate of drug-likeness (QED) is 0.752. The third-order valence-electron chi connectivity index (χ3n) is 3.08. The summed E-state index contributed by atoms with van der Waals surface area (Å²) in [6.07, 6.45) is 3.48. The van der Waals surface area contributed by atoms with Crippen LogP contribution in [0.3, 0.4) is 0 Å². The van der Waals surface area contributed by atoms with Crippen molar-refractivity contribution in [3.63, 3.8) is 0 Å². The van der Waals surface area contributed by atoms with Crippen molar-refractivity contribution in [1.82, 2.24) is 15.0 Å². The molecule has 3 rings (SSSR count). The Balaban J connectivity index is 2.01. The monoisotopic (exact) mass is 317 g/mol. The first-order valence-electron chi connectivity index (χ1n) is 6.60. The van der Waals surface area contributed by atoms with Gasteiger partial charge in [-0.2, -0.15) is 0 Å². The zero-order valence-corrected chi connectivity index (χ0v) is 12.2. The average molecular weight is 318 g/mol. The highest BCUT2D eigenvalue weighted by atomic mass is 35.5. The van der Waals surface area contributed by atoms with Crippen molar-refractivity contribution in [3.05, 3.63) is 47.4 Å². The molecule has 0 amide bonds. The average Bonchev–Trinajstić information content (AvgIpc) is 3.15. The van der Waals surface area contributed by atoms with Crippen LogP contribution >= 0.6 is 11.6 Å². The number of hydrogen-bond donors (Lipinski definition) is 2. The van der Waals surface area contributed by atoms with E-state index in [4.69, 9.17) is 21.1 Å². The summed E-state index contributed by atoms with van der Waals surface area (Å²) in [5.74, 6) is 0.446. The highest BCUT2D eigenvalue weighted by Gasteiger charge is 2.18. The first kappa shape index (κ1) is 14.3. The molecule has 0 radical (unpaired) electrons. The Bertz CT molecular complexity index is 779. The zero-order valence-electron chi connectivity index (χ0n) is 11.4. The molecule has 0 saturated carbocycles. The second-order valence-corrected chi connectivity index (χ2v) is 5.07. The number of carboxylic acid groups (broad SMARTS) is 1. The first-order chi connectivity index (χ1) is 10.6. The predicted molar refractivity (Wildman–Crippen MR) is 80.5 cm³/mol. The van der Waals surface area contributed by atoms with Gasteiger partial charge in [0, 0.05) is 29.4 Å². The maximum absolute atomic E-state index is 10.8. The normalized spacial score (nSPS) is 10.8. The van der Waals surface area contributed by atoms with Crippen LogP contribution in [0.2, 0.25) is 5.02 Å². The standard InChI is InChI=1S/C15H12ClN3O3/c16-10-3-1-9(2-4-10)13-11(5-6-12(20)21)22-15(19-13)14-17-7-8-18-14/h1-4,7-8H,5-6H2,(H,17,18)(H,20,21). The van der Waals surface area contributed by atoms with E-state index in [1.807, 2.05) is 12.1 Å². The predicted octanol–water partition coefficient (Wildman–Crippen LogP) is 3.40. The second-order valence-electron chi connectivity index (χ2n) is 4.63. The number of nitrogens with zero attached hydrogens (tertiary/aromatic N) is 2. The molecule has 0 unspecified atom stereocenters. The fourth-order valence-corrected chi connectivity index (χ4v) is 2.18. The molecular weight excluding hydrogens is 306 g/mol. The summed E-state index contributed by atoms with van der Waals surface area (Å²) in [7, 11) is 0. The van der Waals surface area contributed by atoms with Crippen molar-refractivity contribution in [2.75, 3.05) is 0 Å². The van der Waals surface area contributed by atoms with Gasteiger partial charge in [-0.25, -0.2) is 9.97 Å². The van der Waals surface area contributed by atoms with E-state index in [9.17, 15) is 4.79 Å². The Morgan fingerprint density at radius 1 is 1.32 bits per heavy atom. The molecule has 7 heteroatoms. The lowest BCUT2D eigenvalue weighted by Gasteiger charge is -2.00. The molecule has 112 valence electrons. The highest BCUT2D eigenvalue weighted by Crippen LogP contribution is 2.29. The number of aromatic amines is 1. The third-order valence-corrected chi connectivity index (χ3v) is 3.33. The molecule has 0 bridgehead atoms. The van der Waals surface area contributed by atoms with Crippen LogP contribution in [0.5, 0.6) is 0 Å². The van der Waals surface area contributed by atoms with E-state index in [0.717, 1.165) is 5.56 Å². The summed E-state index contributed by atoms with van der Waals surface area (Å²) in [4.78, 5) is 22.2. The van der Waals surface area contributed by atoms with Crippen molar-refractivity contribution in [2.45, 2.75) is 12.8 Å². The number of aliphatic carboxylic acids is 1. The lowest BCUT2D eigenvalue weighted by molar-refractivity contribution is -0.137. The van der Waals surface area contributed by atoms with Crippen LogP contribution in [0, 0.1) is 0 Å². The van der Waals surface area contributed by atoms with Crippen LogP contribution < -0.4 is 0 Å². The number of carboxylic acids is 1. The van der Waals surface area contributed by atoms with E-state index >= 15 is 0 Å². The molecule has 2 N–H and O–H groups in total. The number of benzene rings is 1. The van der Waals surface area contributed by atoms with E-state index in [1.165, 1.54) is 0 Å². The molecule has 6 nitrogen and oxygen atoms in total. The Labute approximate surface area is 130 Å². The summed E-state index contributed by atoms with van der Waals surface area (Å²) in [6.45, 7) is 0. The van der Waals surface area contributed by atoms with Crippen molar-refractivity contribution >= 4 is 17.6 Å². The van der Waals surface area contributed by atoms with Crippen molar-refractivity contribution < 1.29 is 14.3 Å². The minimum atomic E-state index is -0.891. The van der Waals surface area contributed by atoms with Crippen LogP contribution in [0.1, 0.15) is 12.2 Å². The van der Waals surface area contributed by atoms with Crippen molar-refractivity contribution in [1.29, 1.82) is 0 Å². The largest absolute Gasteiger partial charge is 0.481 e. The molecular formula is C15H12ClN3O3. The molecule has 0 saturated heterocycles. The molecule has 0 aliphatic carbocycles. The number of carbonyl (C=O) groups is 1. The van der Waals surface area contributed by atoms with E-state index in [0.29, 0.717) is 28.2 Å². The van der Waals surface area contributed by atoms with Crippen LogP contribution in [0.25, 0.3) is 23.0 Å². The van der Waals surface area contributed by atoms with Crippen molar-refractivity contribution in [2.24, 2.45) is 0 Å². The topological polar surface area (TPSA) is 92.0 Å². The molecule has 0 spiro atoms. The van der Waals surface area contributed by atoms with E-state index in [-0.39, 0.29) is 12.8 Å². The van der Waals surface area contributed by atoms with Gasteiger partial charge in [-0.05, 0) is 12.1 Å². The molecule has 1 aromatic carbocycles. The summed E-state index contributed by atoms with van der Waals surface area (Å²) in [6, 6.07) is 7.13. The number of aryl methyl sites for hydroxylation is 1. The summed E-state index contributed by atoms with van der Waals surface area (Å²) in [5.41, 5.74) is 1.41. The molecule has 3 aromatic rings. The molecule has 0 fully saturated rings. The molecule has 2 aromatic heterocycles. The number of rotatable bonds is 5. The number of H-pyrrole nitrogens is 1. The van der Waals surface area contributed by atoms with Gasteiger partial charge in [-0.1, -0.05) is 23.7 Å². The molecule has 0 aliphatic rings. The number of halogens is 1. The maximum Gasteiger partial charge on any atom is 0.303 e. The van der Waals surface area contributed by atoms with E-state index in [1.54, 1.807) is 24.5 Å². The van der Waals surface area contributed by atoms with E-state index in [2.05, 4.69) is 15.0 Å². The maximum atomic E-state index is 10.8. The summed E-state index contributed by atoms with van der Waals surface area (Å²) < 4.78 is 5.69. The lowest BCUT2D eigenvalue weighted by Crippen LogP contribution is -1.97. The lowest BCUT2D eigenvalue weighted by atomic mass is 10.1. The van der Waals surface area contributed by atoms with Gasteiger partial charge >= 0.3 is 5.97 Å². The number of aromatic nitrogens is 3. The van der Waals surface area contributed by atoms with Crippen molar-refractivity contribution in [3.8, 4) is 23.0 Å². The fraction of sp³-hybridized carbons (Fsp3) is 0.133. The number of nitrogens with one attached hydrogen (secondary N) is 1. The highest BCUT2D eigenvalue weighted by molar-refractivity contribution is 6.30. The molecule has 22 heavy (non-hydrogen) atoms. The molecule has 2 heterocycles. The second kappa shape index (κ2) is 6.03. The van der Waals surface area contributed by atoms with Gasteiger partial charge in [0.1, 0.15) is 11.5 Å². The minimum Gasteiger partial charge on any atom is -0.481 e. The first-order valence-corrected chi connectivity index (χ1v) is 6.98. The third kappa shape index (κ3) is 3.01. The SMILES string of the molecule is O=C(O)CCc1oc(-c2ncc[nH]2)nc1-c1ccc(Cl)cc1. The van der Waals surface area contributed by atoms with Crippen LogP contribution in [0.15, 0.2) is 41.1 Å². The Morgan fingerprint density at radius 3 is 2.73 bits per heavy atom.